The number of nitrogens with one attached hydrogen (secondary N) is 2. The summed E-state index contributed by atoms with van der Waals surface area (Å²) in [5.41, 5.74) is 0.946. The monoisotopic (exact) mass is 478 g/mol. The summed E-state index contributed by atoms with van der Waals surface area (Å²) < 4.78 is 13.2. The Kier molecular flexibility index (Phi) is 6.56. The fourth-order valence-electron chi connectivity index (χ4n) is 5.04. The lowest BCUT2D eigenvalue weighted by atomic mass is 9.87. The zero-order chi connectivity index (χ0) is 24.4. The molecule has 2 aromatic carbocycles. The molecule has 0 unspecified atom stereocenters. The molecule has 0 bridgehead atoms. The van der Waals surface area contributed by atoms with Crippen molar-refractivity contribution in [1.82, 2.24) is 20.4 Å². The predicted molar refractivity (Wildman–Crippen MR) is 129 cm³/mol. The zero-order valence-electron chi connectivity index (χ0n) is 19.7. The van der Waals surface area contributed by atoms with E-state index in [9.17, 15) is 18.8 Å². The van der Waals surface area contributed by atoms with Gasteiger partial charge in [-0.15, -0.1) is 0 Å². The van der Waals surface area contributed by atoms with Gasteiger partial charge >= 0.3 is 6.03 Å². The van der Waals surface area contributed by atoms with Gasteiger partial charge in [-0.05, 0) is 55.4 Å². The molecular formula is C27H31FN4O3. The van der Waals surface area contributed by atoms with Crippen molar-refractivity contribution in [1.29, 1.82) is 0 Å². The molecule has 2 aliphatic heterocycles. The lowest BCUT2D eigenvalue weighted by Crippen LogP contribution is -2.55. The minimum absolute atomic E-state index is 0.0424. The van der Waals surface area contributed by atoms with E-state index in [0.717, 1.165) is 31.4 Å². The number of urea groups is 1. The Morgan fingerprint density at radius 3 is 2.40 bits per heavy atom. The molecule has 7 nitrogen and oxygen atoms in total. The lowest BCUT2D eigenvalue weighted by molar-refractivity contribution is -0.133. The number of carbonyl (C=O) groups is 3. The van der Waals surface area contributed by atoms with Crippen molar-refractivity contribution in [3.05, 3.63) is 71.5 Å². The fourth-order valence-corrected chi connectivity index (χ4v) is 5.04. The molecule has 184 valence electrons. The van der Waals surface area contributed by atoms with E-state index in [4.69, 9.17) is 0 Å². The highest BCUT2D eigenvalue weighted by atomic mass is 19.1. The van der Waals surface area contributed by atoms with Gasteiger partial charge in [-0.1, -0.05) is 42.5 Å². The second-order valence-corrected chi connectivity index (χ2v) is 9.91. The number of rotatable bonds is 8. The standard InChI is InChI=1S/C27H31FN4O3/c28-22-10-6-19(7-11-22)18-32-25(34)27(30-26(32)35)13-16-31(17-14-27)15-12-23(20-4-2-1-3-5-20)29-24(33)21-8-9-21/h1-7,10-11,21,23H,8-9,12-18H2,(H,29,33)(H,30,35)/t23-/m0/s1. The summed E-state index contributed by atoms with van der Waals surface area (Å²) in [5, 5.41) is 6.16. The van der Waals surface area contributed by atoms with Crippen molar-refractivity contribution >= 4 is 17.8 Å². The van der Waals surface area contributed by atoms with Crippen molar-refractivity contribution in [3.8, 4) is 0 Å². The molecule has 1 aliphatic carbocycles. The molecule has 1 spiro atoms. The van der Waals surface area contributed by atoms with Crippen LogP contribution in [0.1, 0.15) is 49.3 Å². The van der Waals surface area contributed by atoms with Gasteiger partial charge in [0.25, 0.3) is 5.91 Å². The highest BCUT2D eigenvalue weighted by Crippen LogP contribution is 2.32. The van der Waals surface area contributed by atoms with Crippen LogP contribution in [0.3, 0.4) is 0 Å². The van der Waals surface area contributed by atoms with Crippen LogP contribution in [0.15, 0.2) is 54.6 Å². The summed E-state index contributed by atoms with van der Waals surface area (Å²) in [6.07, 6.45) is 3.81. The second-order valence-electron chi connectivity index (χ2n) is 9.91. The van der Waals surface area contributed by atoms with Crippen LogP contribution in [-0.2, 0) is 16.1 Å². The normalized spacial score (nSPS) is 20.7. The van der Waals surface area contributed by atoms with Crippen LogP contribution in [0.4, 0.5) is 9.18 Å². The highest BCUT2D eigenvalue weighted by Gasteiger charge is 2.52. The van der Waals surface area contributed by atoms with E-state index in [1.165, 1.54) is 17.0 Å². The maximum Gasteiger partial charge on any atom is 0.325 e. The van der Waals surface area contributed by atoms with E-state index in [0.29, 0.717) is 31.5 Å². The van der Waals surface area contributed by atoms with Gasteiger partial charge < -0.3 is 15.5 Å². The number of carbonyl (C=O) groups excluding carboxylic acids is 3. The maximum atomic E-state index is 13.2. The molecule has 2 N–H and O–H groups in total. The Labute approximate surface area is 204 Å². The van der Waals surface area contributed by atoms with Crippen LogP contribution >= 0.6 is 0 Å². The third-order valence-corrected chi connectivity index (χ3v) is 7.41. The van der Waals surface area contributed by atoms with Gasteiger partial charge in [0.1, 0.15) is 11.4 Å². The SMILES string of the molecule is O=C(N[C@@H](CCN1CCC2(CC1)NC(=O)N(Cc1ccc(F)cc1)C2=O)c1ccccc1)C1CC1. The third kappa shape index (κ3) is 5.22. The fraction of sp³-hybridized carbons (Fsp3) is 0.444. The van der Waals surface area contributed by atoms with E-state index in [1.54, 1.807) is 12.1 Å². The zero-order valence-corrected chi connectivity index (χ0v) is 19.7. The first-order valence-electron chi connectivity index (χ1n) is 12.4. The smallest absolute Gasteiger partial charge is 0.325 e. The molecule has 3 aliphatic rings. The average molecular weight is 479 g/mol. The van der Waals surface area contributed by atoms with Crippen molar-refractivity contribution < 1.29 is 18.8 Å². The number of likely N-dealkylation sites (tertiary alicyclic amines) is 1. The molecule has 5 rings (SSSR count). The maximum absolute atomic E-state index is 13.2. The molecular weight excluding hydrogens is 447 g/mol. The molecule has 3 fully saturated rings. The average Bonchev–Trinajstić information content (AvgIpc) is 3.70. The minimum Gasteiger partial charge on any atom is -0.349 e. The Hall–Kier alpha value is -3.26. The summed E-state index contributed by atoms with van der Waals surface area (Å²) in [4.78, 5) is 41.8. The van der Waals surface area contributed by atoms with Crippen LogP contribution in [0.5, 0.6) is 0 Å². The summed E-state index contributed by atoms with van der Waals surface area (Å²) >= 11 is 0. The summed E-state index contributed by atoms with van der Waals surface area (Å²) in [6, 6.07) is 15.5. The number of amides is 4. The van der Waals surface area contributed by atoms with Gasteiger partial charge in [-0.25, -0.2) is 9.18 Å². The molecule has 2 heterocycles. The second kappa shape index (κ2) is 9.77. The molecule has 0 radical (unpaired) electrons. The summed E-state index contributed by atoms with van der Waals surface area (Å²) in [6.45, 7) is 2.31. The molecule has 35 heavy (non-hydrogen) atoms. The van der Waals surface area contributed by atoms with Crippen LogP contribution in [0.2, 0.25) is 0 Å². The quantitative estimate of drug-likeness (QED) is 0.570. The summed E-state index contributed by atoms with van der Waals surface area (Å²) in [5.74, 6) is -0.260. The number of hydrogen-bond donors (Lipinski definition) is 2. The first kappa shape index (κ1) is 23.5. The number of imide groups is 1. The first-order chi connectivity index (χ1) is 16.9. The minimum atomic E-state index is -0.868. The van der Waals surface area contributed by atoms with Crippen LogP contribution < -0.4 is 10.6 Å². The van der Waals surface area contributed by atoms with E-state index in [2.05, 4.69) is 15.5 Å². The number of benzene rings is 2. The Bertz CT molecular complexity index is 1080. The van der Waals surface area contributed by atoms with Crippen molar-refractivity contribution in [2.75, 3.05) is 19.6 Å². The Balaban J connectivity index is 1.17. The molecule has 1 saturated carbocycles. The van der Waals surface area contributed by atoms with Crippen molar-refractivity contribution in [3.63, 3.8) is 0 Å². The summed E-state index contributed by atoms with van der Waals surface area (Å²) in [7, 11) is 0. The molecule has 0 aromatic heterocycles. The third-order valence-electron chi connectivity index (χ3n) is 7.41. The van der Waals surface area contributed by atoms with Gasteiger partial charge in [-0.3, -0.25) is 14.5 Å². The topological polar surface area (TPSA) is 81.8 Å². The van der Waals surface area contributed by atoms with Gasteiger partial charge in [-0.2, -0.15) is 0 Å². The molecule has 2 saturated heterocycles. The van der Waals surface area contributed by atoms with Gasteiger partial charge in [0, 0.05) is 25.6 Å². The van der Waals surface area contributed by atoms with Crippen LogP contribution in [-0.4, -0.2) is 52.8 Å². The van der Waals surface area contributed by atoms with Gasteiger partial charge in [0.05, 0.1) is 12.6 Å². The Morgan fingerprint density at radius 1 is 1.06 bits per heavy atom. The first-order valence-corrected chi connectivity index (χ1v) is 12.4. The van der Waals surface area contributed by atoms with E-state index in [1.807, 2.05) is 30.3 Å². The Morgan fingerprint density at radius 2 is 1.74 bits per heavy atom. The predicted octanol–water partition coefficient (Wildman–Crippen LogP) is 3.37. The number of hydrogen-bond acceptors (Lipinski definition) is 4. The molecule has 2 aromatic rings. The largest absolute Gasteiger partial charge is 0.349 e. The number of nitrogens with zero attached hydrogens (tertiary/aromatic N) is 2. The van der Waals surface area contributed by atoms with E-state index >= 15 is 0 Å². The van der Waals surface area contributed by atoms with E-state index < -0.39 is 5.54 Å². The van der Waals surface area contributed by atoms with Crippen molar-refractivity contribution in [2.45, 2.75) is 50.2 Å². The number of piperidine rings is 1. The molecule has 1 atom stereocenters. The van der Waals surface area contributed by atoms with Gasteiger partial charge in [0.2, 0.25) is 5.91 Å². The van der Waals surface area contributed by atoms with E-state index in [-0.39, 0.29) is 42.2 Å². The van der Waals surface area contributed by atoms with Crippen molar-refractivity contribution in [2.24, 2.45) is 5.92 Å². The molecule has 8 heteroatoms. The van der Waals surface area contributed by atoms with Gasteiger partial charge in [0.15, 0.2) is 0 Å². The lowest BCUT2D eigenvalue weighted by Gasteiger charge is -2.37. The molecule has 4 amide bonds. The van der Waals surface area contributed by atoms with Crippen LogP contribution in [0.25, 0.3) is 0 Å². The van der Waals surface area contributed by atoms with Crippen LogP contribution in [0, 0.1) is 11.7 Å². The number of halogens is 1. The highest BCUT2D eigenvalue weighted by molar-refractivity contribution is 6.07.